The van der Waals surface area contributed by atoms with Crippen LogP contribution in [0, 0.1) is 6.92 Å². The first-order valence-corrected chi connectivity index (χ1v) is 10.1. The maximum atomic E-state index is 13.0. The lowest BCUT2D eigenvalue weighted by atomic mass is 9.97. The molecule has 1 aliphatic heterocycles. The number of amides is 1. The zero-order chi connectivity index (χ0) is 23.9. The Bertz CT molecular complexity index is 1270. The molecule has 4 rings (SSSR count). The number of nitrogens with one attached hydrogen (secondary N) is 1. The third-order valence-corrected chi connectivity index (χ3v) is 5.56. The second-order valence-corrected chi connectivity index (χ2v) is 7.69. The highest BCUT2D eigenvalue weighted by Gasteiger charge is 2.47. The monoisotopic (exact) mass is 455 g/mol. The molecule has 172 valence electrons. The van der Waals surface area contributed by atoms with Gasteiger partial charge in [-0.05, 0) is 19.1 Å². The Morgan fingerprint density at radius 2 is 1.64 bits per heavy atom. The number of hydrogen-bond acceptors (Lipinski definition) is 8. The van der Waals surface area contributed by atoms with E-state index in [9.17, 15) is 34.8 Å². The van der Waals surface area contributed by atoms with E-state index in [2.05, 4.69) is 5.32 Å². The first-order valence-electron chi connectivity index (χ1n) is 10.1. The summed E-state index contributed by atoms with van der Waals surface area (Å²) in [5, 5.41) is 41.6. The zero-order valence-electron chi connectivity index (χ0n) is 17.3. The van der Waals surface area contributed by atoms with Gasteiger partial charge < -0.3 is 34.9 Å². The quantitative estimate of drug-likeness (QED) is 0.374. The minimum atomic E-state index is -1.89. The molecule has 3 aromatic rings. The highest BCUT2D eigenvalue weighted by atomic mass is 16.6. The summed E-state index contributed by atoms with van der Waals surface area (Å²) in [6.45, 7) is 1.62. The van der Waals surface area contributed by atoms with Crippen molar-refractivity contribution in [1.29, 1.82) is 0 Å². The van der Waals surface area contributed by atoms with Gasteiger partial charge in [0.25, 0.3) is 5.91 Å². The van der Waals surface area contributed by atoms with E-state index in [1.54, 1.807) is 31.2 Å². The Morgan fingerprint density at radius 3 is 2.30 bits per heavy atom. The van der Waals surface area contributed by atoms with Crippen molar-refractivity contribution in [3.63, 3.8) is 0 Å². The molecule has 2 aromatic carbocycles. The zero-order valence-corrected chi connectivity index (χ0v) is 17.3. The maximum absolute atomic E-state index is 13.0. The van der Waals surface area contributed by atoms with Gasteiger partial charge in [0.2, 0.25) is 0 Å². The number of carboxylic acid groups (broad SMARTS) is 1. The molecule has 33 heavy (non-hydrogen) atoms. The molecule has 10 heteroatoms. The first-order chi connectivity index (χ1) is 15.7. The maximum Gasteiger partial charge on any atom is 0.335 e. The van der Waals surface area contributed by atoms with Crippen molar-refractivity contribution in [3.8, 4) is 11.3 Å². The summed E-state index contributed by atoms with van der Waals surface area (Å²) in [4.78, 5) is 37.3. The summed E-state index contributed by atoms with van der Waals surface area (Å²) in [5.41, 5.74) is 0.591. The van der Waals surface area contributed by atoms with Crippen LogP contribution in [0.15, 0.2) is 57.7 Å². The molecule has 0 bridgehead atoms. The van der Waals surface area contributed by atoms with Crippen LogP contribution in [0.2, 0.25) is 0 Å². The van der Waals surface area contributed by atoms with Crippen LogP contribution in [-0.4, -0.2) is 62.9 Å². The predicted molar refractivity (Wildman–Crippen MR) is 114 cm³/mol. The summed E-state index contributed by atoms with van der Waals surface area (Å²) >= 11 is 0. The van der Waals surface area contributed by atoms with E-state index >= 15 is 0 Å². The van der Waals surface area contributed by atoms with Gasteiger partial charge in [0, 0.05) is 11.1 Å². The van der Waals surface area contributed by atoms with Gasteiger partial charge in [-0.3, -0.25) is 9.59 Å². The Labute approximate surface area is 186 Å². The average molecular weight is 455 g/mol. The van der Waals surface area contributed by atoms with Crippen molar-refractivity contribution in [2.75, 3.05) is 0 Å². The molecular formula is C23H21NO9. The molecule has 0 radical (unpaired) electrons. The summed E-state index contributed by atoms with van der Waals surface area (Å²) in [6.07, 6.45) is -9.08. The van der Waals surface area contributed by atoms with Crippen molar-refractivity contribution < 1.29 is 39.2 Å². The van der Waals surface area contributed by atoms with Crippen LogP contribution in [0.25, 0.3) is 22.3 Å². The van der Waals surface area contributed by atoms with Crippen molar-refractivity contribution in [2.45, 2.75) is 37.6 Å². The van der Waals surface area contributed by atoms with Gasteiger partial charge in [-0.25, -0.2) is 4.79 Å². The van der Waals surface area contributed by atoms with Gasteiger partial charge in [-0.1, -0.05) is 36.4 Å². The Kier molecular flexibility index (Phi) is 6.00. The number of para-hydroxylation sites is 1. The molecule has 1 saturated heterocycles. The highest BCUT2D eigenvalue weighted by Crippen LogP contribution is 2.28. The lowest BCUT2D eigenvalue weighted by Crippen LogP contribution is -2.64. The van der Waals surface area contributed by atoms with Crippen molar-refractivity contribution in [3.05, 3.63) is 69.9 Å². The van der Waals surface area contributed by atoms with Gasteiger partial charge in [-0.15, -0.1) is 0 Å². The van der Waals surface area contributed by atoms with E-state index in [0.717, 1.165) is 0 Å². The van der Waals surface area contributed by atoms with Crippen molar-refractivity contribution in [2.24, 2.45) is 0 Å². The molecule has 5 N–H and O–H groups in total. The van der Waals surface area contributed by atoms with Crippen LogP contribution >= 0.6 is 0 Å². The van der Waals surface area contributed by atoms with E-state index in [1.165, 1.54) is 18.2 Å². The number of carbonyl (C=O) groups excluding carboxylic acids is 1. The molecule has 1 amide bonds. The summed E-state index contributed by atoms with van der Waals surface area (Å²) in [6, 6.07) is 13.2. The van der Waals surface area contributed by atoms with Crippen molar-refractivity contribution >= 4 is 22.8 Å². The van der Waals surface area contributed by atoms with Gasteiger partial charge in [0.1, 0.15) is 24.1 Å². The van der Waals surface area contributed by atoms with Crippen LogP contribution < -0.4 is 10.7 Å². The van der Waals surface area contributed by atoms with E-state index < -0.39 is 42.5 Å². The molecule has 10 nitrogen and oxygen atoms in total. The third-order valence-electron chi connectivity index (χ3n) is 5.56. The molecule has 1 aromatic heterocycles. The number of hydrogen-bond donors (Lipinski definition) is 5. The molecule has 5 atom stereocenters. The molecule has 1 fully saturated rings. The standard InChI is InChI=1S/C23H21NO9/c1-10-14(25)12-8-5-9-13(19(12)32-18(10)11-6-3-2-4-7-11)21(29)24-22-17(28)15(26)16(27)20(33-22)23(30)31/h2-9,15-17,20,22,26-28H,1H3,(H,24,29)(H,30,31)/t15?,16-,17?,20?,22+/m0/s1. The number of aliphatic hydroxyl groups excluding tert-OH is 3. The van der Waals surface area contributed by atoms with E-state index in [4.69, 9.17) is 9.15 Å². The van der Waals surface area contributed by atoms with Gasteiger partial charge in [-0.2, -0.15) is 0 Å². The Balaban J connectivity index is 1.74. The van der Waals surface area contributed by atoms with Crippen LogP contribution in [0.4, 0.5) is 0 Å². The smallest absolute Gasteiger partial charge is 0.335 e. The molecule has 0 aliphatic carbocycles. The topological polar surface area (TPSA) is 167 Å². The minimum absolute atomic E-state index is 0.00915. The summed E-state index contributed by atoms with van der Waals surface area (Å²) < 4.78 is 11.1. The minimum Gasteiger partial charge on any atom is -0.479 e. The molecule has 2 heterocycles. The predicted octanol–water partition coefficient (Wildman–Crippen LogP) is 0.390. The largest absolute Gasteiger partial charge is 0.479 e. The number of fused-ring (bicyclic) bond motifs is 1. The molecule has 0 saturated carbocycles. The Morgan fingerprint density at radius 1 is 0.939 bits per heavy atom. The summed E-state index contributed by atoms with van der Waals surface area (Å²) in [5.74, 6) is -2.14. The molecule has 0 spiro atoms. The average Bonchev–Trinajstić information content (AvgIpc) is 2.81. The van der Waals surface area contributed by atoms with Crippen LogP contribution in [0.5, 0.6) is 0 Å². The normalized spacial score (nSPS) is 25.0. The number of benzene rings is 2. The lowest BCUT2D eigenvalue weighted by molar-refractivity contribution is -0.231. The van der Waals surface area contributed by atoms with Gasteiger partial charge in [0.15, 0.2) is 23.3 Å². The number of carbonyl (C=O) groups is 2. The van der Waals surface area contributed by atoms with Crippen LogP contribution in [0.1, 0.15) is 15.9 Å². The second kappa shape index (κ2) is 8.75. The van der Waals surface area contributed by atoms with Gasteiger partial charge >= 0.3 is 5.97 Å². The number of aliphatic hydroxyl groups is 3. The number of aliphatic carboxylic acids is 1. The van der Waals surface area contributed by atoms with E-state index in [-0.39, 0.29) is 27.7 Å². The number of rotatable bonds is 4. The van der Waals surface area contributed by atoms with Crippen molar-refractivity contribution in [1.82, 2.24) is 5.32 Å². The Hall–Kier alpha value is -3.57. The SMILES string of the molecule is Cc1c(-c2ccccc2)oc2c(C(=O)N[C@@H]3OC(C(=O)O)[C@@H](O)C(O)C3O)cccc2c1=O. The van der Waals surface area contributed by atoms with E-state index in [0.29, 0.717) is 11.1 Å². The highest BCUT2D eigenvalue weighted by molar-refractivity contribution is 6.05. The first kappa shape index (κ1) is 22.6. The second-order valence-electron chi connectivity index (χ2n) is 7.69. The summed E-state index contributed by atoms with van der Waals surface area (Å²) in [7, 11) is 0. The molecule has 1 aliphatic rings. The van der Waals surface area contributed by atoms with E-state index in [1.807, 2.05) is 6.07 Å². The molecule has 3 unspecified atom stereocenters. The molecular weight excluding hydrogens is 434 g/mol. The van der Waals surface area contributed by atoms with Gasteiger partial charge in [0.05, 0.1) is 10.9 Å². The lowest BCUT2D eigenvalue weighted by Gasteiger charge is -2.38. The number of carboxylic acids is 1. The van der Waals surface area contributed by atoms with Crippen LogP contribution in [-0.2, 0) is 9.53 Å². The fourth-order valence-corrected chi connectivity index (χ4v) is 3.76. The fourth-order valence-electron chi connectivity index (χ4n) is 3.76. The third kappa shape index (κ3) is 4.00. The van der Waals surface area contributed by atoms with Crippen LogP contribution in [0.3, 0.4) is 0 Å². The fraction of sp³-hybridized carbons (Fsp3) is 0.261. The number of ether oxygens (including phenoxy) is 1.